The van der Waals surface area contributed by atoms with Crippen LogP contribution in [0.3, 0.4) is 0 Å². The van der Waals surface area contributed by atoms with Crippen molar-refractivity contribution in [2.24, 2.45) is 0 Å². The average Bonchev–Trinajstić information content (AvgIpc) is 2.41. The summed E-state index contributed by atoms with van der Waals surface area (Å²) in [4.78, 5) is 3.99. The van der Waals surface area contributed by atoms with Crippen molar-refractivity contribution in [1.29, 1.82) is 0 Å². The van der Waals surface area contributed by atoms with Gasteiger partial charge >= 0.3 is 0 Å². The Morgan fingerprint density at radius 2 is 1.95 bits per heavy atom. The number of aryl methyl sites for hydroxylation is 1. The van der Waals surface area contributed by atoms with Crippen LogP contribution in [-0.4, -0.2) is 4.98 Å². The zero-order valence-electron chi connectivity index (χ0n) is 12.7. The second-order valence-electron chi connectivity index (χ2n) is 5.98. The molecule has 21 heavy (non-hydrogen) atoms. The van der Waals surface area contributed by atoms with Crippen molar-refractivity contribution in [1.82, 2.24) is 4.98 Å². The quantitative estimate of drug-likeness (QED) is 0.714. The maximum Gasteiger partial charge on any atom is 0.255 e. The van der Waals surface area contributed by atoms with E-state index in [2.05, 4.69) is 54.7 Å². The molecule has 0 aliphatic carbocycles. The van der Waals surface area contributed by atoms with Crippen molar-refractivity contribution in [2.75, 3.05) is 0 Å². The standard InChI is InChI=1S/C17H19BrFNO/c1-5-11-6-7-15(13(8-11)17(2,3)4)21-16-14(19)9-12(18)10-20-16/h6-10H,5H2,1-4H3. The molecule has 2 aromatic rings. The second kappa shape index (κ2) is 6.14. The van der Waals surface area contributed by atoms with Gasteiger partial charge < -0.3 is 4.74 Å². The molecule has 112 valence electrons. The van der Waals surface area contributed by atoms with E-state index in [9.17, 15) is 4.39 Å². The average molecular weight is 352 g/mol. The SMILES string of the molecule is CCc1ccc(Oc2ncc(Br)cc2F)c(C(C)(C)C)c1. The maximum atomic E-state index is 13.9. The zero-order chi connectivity index (χ0) is 15.6. The van der Waals surface area contributed by atoms with Crippen LogP contribution in [0.4, 0.5) is 4.39 Å². The summed E-state index contributed by atoms with van der Waals surface area (Å²) in [6.07, 6.45) is 2.48. The number of hydrogen-bond acceptors (Lipinski definition) is 2. The van der Waals surface area contributed by atoms with Crippen LogP contribution in [-0.2, 0) is 11.8 Å². The third kappa shape index (κ3) is 3.82. The van der Waals surface area contributed by atoms with Gasteiger partial charge in [-0.25, -0.2) is 9.37 Å². The monoisotopic (exact) mass is 351 g/mol. The van der Waals surface area contributed by atoms with Gasteiger partial charge in [0, 0.05) is 16.2 Å². The summed E-state index contributed by atoms with van der Waals surface area (Å²) in [5, 5.41) is 0. The van der Waals surface area contributed by atoms with Crippen molar-refractivity contribution < 1.29 is 9.13 Å². The highest BCUT2D eigenvalue weighted by Crippen LogP contribution is 2.35. The van der Waals surface area contributed by atoms with E-state index in [1.54, 1.807) is 0 Å². The van der Waals surface area contributed by atoms with Crippen molar-refractivity contribution in [3.8, 4) is 11.6 Å². The molecule has 0 aliphatic rings. The molecule has 2 rings (SSSR count). The first-order valence-corrected chi connectivity index (χ1v) is 7.73. The van der Waals surface area contributed by atoms with E-state index in [0.29, 0.717) is 10.2 Å². The lowest BCUT2D eigenvalue weighted by Crippen LogP contribution is -2.13. The van der Waals surface area contributed by atoms with Gasteiger partial charge in [0.1, 0.15) is 5.75 Å². The molecule has 1 aromatic heterocycles. The van der Waals surface area contributed by atoms with Gasteiger partial charge in [0.25, 0.3) is 5.88 Å². The molecule has 2 nitrogen and oxygen atoms in total. The summed E-state index contributed by atoms with van der Waals surface area (Å²) < 4.78 is 20.2. The van der Waals surface area contributed by atoms with Crippen molar-refractivity contribution in [3.05, 3.63) is 51.9 Å². The minimum atomic E-state index is -0.483. The number of benzene rings is 1. The molecule has 0 atom stereocenters. The lowest BCUT2D eigenvalue weighted by molar-refractivity contribution is 0.407. The molecule has 0 fully saturated rings. The molecule has 0 N–H and O–H groups in total. The number of nitrogens with zero attached hydrogens (tertiary/aromatic N) is 1. The minimum absolute atomic E-state index is 0.00653. The highest BCUT2D eigenvalue weighted by molar-refractivity contribution is 9.10. The van der Waals surface area contributed by atoms with Gasteiger partial charge in [-0.3, -0.25) is 0 Å². The Labute approximate surface area is 133 Å². The summed E-state index contributed by atoms with van der Waals surface area (Å²) >= 11 is 3.19. The molecular weight excluding hydrogens is 333 g/mol. The number of aromatic nitrogens is 1. The van der Waals surface area contributed by atoms with Gasteiger partial charge in [0.2, 0.25) is 0 Å². The van der Waals surface area contributed by atoms with E-state index >= 15 is 0 Å². The van der Waals surface area contributed by atoms with Crippen LogP contribution in [0.25, 0.3) is 0 Å². The van der Waals surface area contributed by atoms with Crippen LogP contribution in [0.15, 0.2) is 34.9 Å². The normalized spacial score (nSPS) is 11.5. The molecule has 0 amide bonds. The lowest BCUT2D eigenvalue weighted by Gasteiger charge is -2.23. The first-order valence-electron chi connectivity index (χ1n) is 6.93. The van der Waals surface area contributed by atoms with Gasteiger partial charge in [-0.05, 0) is 45.5 Å². The van der Waals surface area contributed by atoms with E-state index in [4.69, 9.17) is 4.74 Å². The van der Waals surface area contributed by atoms with Gasteiger partial charge in [0.05, 0.1) is 0 Å². The fourth-order valence-electron chi connectivity index (χ4n) is 2.05. The summed E-state index contributed by atoms with van der Waals surface area (Å²) in [5.41, 5.74) is 2.19. The number of halogens is 2. The van der Waals surface area contributed by atoms with Crippen LogP contribution in [0, 0.1) is 5.82 Å². The molecule has 4 heteroatoms. The Kier molecular flexibility index (Phi) is 4.67. The van der Waals surface area contributed by atoms with Crippen LogP contribution < -0.4 is 4.74 Å². The molecule has 1 heterocycles. The highest BCUT2D eigenvalue weighted by atomic mass is 79.9. The van der Waals surface area contributed by atoms with Crippen LogP contribution in [0.1, 0.15) is 38.8 Å². The molecule has 0 radical (unpaired) electrons. The number of hydrogen-bond donors (Lipinski definition) is 0. The number of pyridine rings is 1. The Morgan fingerprint density at radius 1 is 1.24 bits per heavy atom. The van der Waals surface area contributed by atoms with Crippen molar-refractivity contribution >= 4 is 15.9 Å². The van der Waals surface area contributed by atoms with Crippen molar-refractivity contribution in [3.63, 3.8) is 0 Å². The zero-order valence-corrected chi connectivity index (χ0v) is 14.3. The molecule has 0 unspecified atom stereocenters. The molecule has 0 saturated carbocycles. The molecule has 0 spiro atoms. The second-order valence-corrected chi connectivity index (χ2v) is 6.89. The molecule has 0 aliphatic heterocycles. The predicted octanol–water partition coefficient (Wildman–Crippen LogP) is 5.64. The fraction of sp³-hybridized carbons (Fsp3) is 0.353. The van der Waals surface area contributed by atoms with Crippen LogP contribution in [0.2, 0.25) is 0 Å². The minimum Gasteiger partial charge on any atom is -0.436 e. The van der Waals surface area contributed by atoms with Crippen molar-refractivity contribution in [2.45, 2.75) is 39.5 Å². The van der Waals surface area contributed by atoms with E-state index in [0.717, 1.165) is 12.0 Å². The predicted molar refractivity (Wildman–Crippen MR) is 86.5 cm³/mol. The smallest absolute Gasteiger partial charge is 0.255 e. The first kappa shape index (κ1) is 16.0. The highest BCUT2D eigenvalue weighted by Gasteiger charge is 2.21. The topological polar surface area (TPSA) is 22.1 Å². The van der Waals surface area contributed by atoms with Gasteiger partial charge in [-0.15, -0.1) is 0 Å². The molecule has 0 saturated heterocycles. The third-order valence-corrected chi connectivity index (χ3v) is 3.67. The number of rotatable bonds is 3. The van der Waals surface area contributed by atoms with Crippen LogP contribution in [0.5, 0.6) is 11.6 Å². The summed E-state index contributed by atoms with van der Waals surface area (Å²) in [6.45, 7) is 8.44. The van der Waals surface area contributed by atoms with E-state index in [1.165, 1.54) is 17.8 Å². The van der Waals surface area contributed by atoms with Crippen LogP contribution >= 0.6 is 15.9 Å². The lowest BCUT2D eigenvalue weighted by atomic mass is 9.85. The first-order chi connectivity index (χ1) is 9.81. The van der Waals surface area contributed by atoms with E-state index in [-0.39, 0.29) is 11.3 Å². The maximum absolute atomic E-state index is 13.9. The Hall–Kier alpha value is -1.42. The summed E-state index contributed by atoms with van der Waals surface area (Å²) in [6, 6.07) is 7.36. The van der Waals surface area contributed by atoms with E-state index < -0.39 is 5.82 Å². The molecule has 0 bridgehead atoms. The summed E-state index contributed by atoms with van der Waals surface area (Å²) in [7, 11) is 0. The largest absolute Gasteiger partial charge is 0.436 e. The third-order valence-electron chi connectivity index (χ3n) is 3.24. The molecule has 1 aromatic carbocycles. The Morgan fingerprint density at radius 3 is 2.52 bits per heavy atom. The molecular formula is C17H19BrFNO. The Balaban J connectivity index is 2.44. The summed E-state index contributed by atoms with van der Waals surface area (Å²) in [5.74, 6) is 0.158. The van der Waals surface area contributed by atoms with Gasteiger partial charge in [-0.1, -0.05) is 39.8 Å². The van der Waals surface area contributed by atoms with E-state index in [1.807, 2.05) is 12.1 Å². The van der Waals surface area contributed by atoms with Gasteiger partial charge in [0.15, 0.2) is 5.82 Å². The van der Waals surface area contributed by atoms with Gasteiger partial charge in [-0.2, -0.15) is 0 Å². The Bertz CT molecular complexity index is 650. The fourth-order valence-corrected chi connectivity index (χ4v) is 2.36. The number of ether oxygens (including phenoxy) is 1.